The van der Waals surface area contributed by atoms with Crippen LogP contribution in [-0.4, -0.2) is 68.2 Å². The second kappa shape index (κ2) is 10.2. The summed E-state index contributed by atoms with van der Waals surface area (Å²) in [6.07, 6.45) is 7.24. The molecule has 1 aliphatic rings. The minimum absolute atomic E-state index is 0.354. The normalized spacial score (nSPS) is 16.6. The molecular weight excluding hydrogens is 454 g/mol. The van der Waals surface area contributed by atoms with Crippen LogP contribution >= 0.6 is 0 Å². The minimum atomic E-state index is 0.354. The van der Waals surface area contributed by atoms with Gasteiger partial charge in [-0.25, -0.2) is 4.68 Å². The summed E-state index contributed by atoms with van der Waals surface area (Å²) in [6, 6.07) is 8.45. The van der Waals surface area contributed by atoms with Crippen LogP contribution in [0.1, 0.15) is 45.7 Å². The molecule has 5 rings (SSSR count). The van der Waals surface area contributed by atoms with Crippen LogP contribution in [-0.2, 0) is 6.54 Å². The average Bonchev–Trinajstić information content (AvgIpc) is 3.53. The van der Waals surface area contributed by atoms with Gasteiger partial charge in [-0.1, -0.05) is 26.0 Å². The fraction of sp³-hybridized carbons (Fsp3) is 0.500. The van der Waals surface area contributed by atoms with Gasteiger partial charge in [0, 0.05) is 36.1 Å². The van der Waals surface area contributed by atoms with Crippen molar-refractivity contribution in [1.82, 2.24) is 40.7 Å². The number of nitrogens with zero attached hydrogens (tertiary/aromatic N) is 7. The van der Waals surface area contributed by atoms with Gasteiger partial charge in [-0.2, -0.15) is 10.2 Å². The molecular formula is C26H35N9O. The van der Waals surface area contributed by atoms with Crippen molar-refractivity contribution in [2.75, 3.05) is 31.6 Å². The second-order valence-electron chi connectivity index (χ2n) is 10.7. The fourth-order valence-corrected chi connectivity index (χ4v) is 4.63. The maximum absolute atomic E-state index is 5.43. The molecule has 1 aromatic carbocycles. The lowest BCUT2D eigenvalue weighted by Gasteiger charge is -2.34. The van der Waals surface area contributed by atoms with Gasteiger partial charge >= 0.3 is 0 Å². The van der Waals surface area contributed by atoms with Crippen LogP contribution in [0.2, 0.25) is 0 Å². The third-order valence-corrected chi connectivity index (χ3v) is 6.67. The lowest BCUT2D eigenvalue weighted by Crippen LogP contribution is -2.46. The molecule has 0 unspecified atom stereocenters. The minimum Gasteiger partial charge on any atom is -0.497 e. The highest BCUT2D eigenvalue weighted by molar-refractivity contribution is 5.94. The number of methoxy groups -OCH3 is 1. The van der Waals surface area contributed by atoms with Crippen molar-refractivity contribution in [3.8, 4) is 17.0 Å². The van der Waals surface area contributed by atoms with E-state index in [1.54, 1.807) is 18.0 Å². The van der Waals surface area contributed by atoms with Crippen molar-refractivity contribution < 1.29 is 4.74 Å². The molecule has 0 amide bonds. The summed E-state index contributed by atoms with van der Waals surface area (Å²) in [5.41, 5.74) is 3.76. The Morgan fingerprint density at radius 2 is 2.06 bits per heavy atom. The number of anilines is 1. The summed E-state index contributed by atoms with van der Waals surface area (Å²) in [4.78, 5) is 2.33. The number of fused-ring (bicyclic) bond motifs is 1. The van der Waals surface area contributed by atoms with E-state index in [9.17, 15) is 0 Å². The summed E-state index contributed by atoms with van der Waals surface area (Å²) in [7, 11) is 1.65. The van der Waals surface area contributed by atoms with E-state index in [1.807, 2.05) is 24.4 Å². The number of aromatic amines is 1. The van der Waals surface area contributed by atoms with E-state index >= 15 is 0 Å². The molecule has 3 aromatic heterocycles. The van der Waals surface area contributed by atoms with E-state index in [-0.39, 0.29) is 0 Å². The van der Waals surface area contributed by atoms with E-state index in [0.29, 0.717) is 18.0 Å². The Bertz CT molecular complexity index is 1290. The third-order valence-electron chi connectivity index (χ3n) is 6.67. The Morgan fingerprint density at radius 3 is 2.83 bits per heavy atom. The Labute approximate surface area is 211 Å². The third kappa shape index (κ3) is 5.64. The molecule has 190 valence electrons. The highest BCUT2D eigenvalue weighted by Gasteiger charge is 2.21. The van der Waals surface area contributed by atoms with Crippen molar-refractivity contribution in [2.24, 2.45) is 5.41 Å². The number of H-pyrrole nitrogens is 1. The largest absolute Gasteiger partial charge is 0.497 e. The van der Waals surface area contributed by atoms with Crippen molar-refractivity contribution in [2.45, 2.75) is 52.6 Å². The number of hydrogen-bond acceptors (Lipinski definition) is 8. The van der Waals surface area contributed by atoms with Crippen LogP contribution in [0, 0.1) is 5.41 Å². The topological polar surface area (TPSA) is 110 Å². The van der Waals surface area contributed by atoms with Gasteiger partial charge in [-0.05, 0) is 49.4 Å². The SMILES string of the molecule is COc1cc(-c2cn(Cc3ccc(N4CCC[C@@H](NCCC(C)(C)C)C4)nn3)nn2)c2cn[nH]c2c1. The predicted octanol–water partition coefficient (Wildman–Crippen LogP) is 3.66. The van der Waals surface area contributed by atoms with E-state index in [0.717, 1.165) is 65.5 Å². The molecule has 0 aliphatic carbocycles. The first kappa shape index (κ1) is 24.2. The maximum Gasteiger partial charge on any atom is 0.151 e. The summed E-state index contributed by atoms with van der Waals surface area (Å²) in [5, 5.41) is 29.6. The van der Waals surface area contributed by atoms with Crippen LogP contribution in [0.3, 0.4) is 0 Å². The molecule has 0 bridgehead atoms. The molecule has 10 nitrogen and oxygen atoms in total. The Kier molecular flexibility index (Phi) is 6.86. The number of hydrogen-bond donors (Lipinski definition) is 2. The highest BCUT2D eigenvalue weighted by Crippen LogP contribution is 2.30. The molecule has 4 aromatic rings. The number of rotatable bonds is 8. The van der Waals surface area contributed by atoms with Crippen molar-refractivity contribution in [3.05, 3.63) is 42.4 Å². The van der Waals surface area contributed by atoms with E-state index < -0.39 is 0 Å². The van der Waals surface area contributed by atoms with Crippen LogP contribution in [0.25, 0.3) is 22.2 Å². The smallest absolute Gasteiger partial charge is 0.151 e. The molecule has 0 spiro atoms. The zero-order valence-electron chi connectivity index (χ0n) is 21.5. The first-order chi connectivity index (χ1) is 17.4. The molecule has 1 aliphatic heterocycles. The van der Waals surface area contributed by atoms with Crippen molar-refractivity contribution in [3.63, 3.8) is 0 Å². The van der Waals surface area contributed by atoms with E-state index in [2.05, 4.69) is 67.8 Å². The van der Waals surface area contributed by atoms with Gasteiger partial charge in [0.1, 0.15) is 11.4 Å². The van der Waals surface area contributed by atoms with E-state index in [1.165, 1.54) is 12.8 Å². The van der Waals surface area contributed by atoms with Crippen LogP contribution < -0.4 is 15.0 Å². The number of benzene rings is 1. The first-order valence-corrected chi connectivity index (χ1v) is 12.6. The van der Waals surface area contributed by atoms with Gasteiger partial charge in [0.25, 0.3) is 0 Å². The van der Waals surface area contributed by atoms with Gasteiger partial charge in [-0.3, -0.25) is 5.10 Å². The number of ether oxygens (including phenoxy) is 1. The highest BCUT2D eigenvalue weighted by atomic mass is 16.5. The summed E-state index contributed by atoms with van der Waals surface area (Å²) >= 11 is 0. The molecule has 2 N–H and O–H groups in total. The van der Waals surface area contributed by atoms with Gasteiger partial charge in [0.05, 0.1) is 37.3 Å². The van der Waals surface area contributed by atoms with Gasteiger partial charge in [0.15, 0.2) is 5.82 Å². The maximum atomic E-state index is 5.43. The quantitative estimate of drug-likeness (QED) is 0.386. The number of piperidine rings is 1. The fourth-order valence-electron chi connectivity index (χ4n) is 4.63. The molecule has 36 heavy (non-hydrogen) atoms. The lowest BCUT2D eigenvalue weighted by atomic mass is 9.92. The molecule has 1 fully saturated rings. The Morgan fingerprint density at radius 1 is 1.17 bits per heavy atom. The van der Waals surface area contributed by atoms with Crippen molar-refractivity contribution >= 4 is 16.7 Å². The zero-order valence-corrected chi connectivity index (χ0v) is 21.5. The van der Waals surface area contributed by atoms with Gasteiger partial charge in [-0.15, -0.1) is 10.2 Å². The predicted molar refractivity (Wildman–Crippen MR) is 140 cm³/mol. The molecule has 0 saturated carbocycles. The summed E-state index contributed by atoms with van der Waals surface area (Å²) < 4.78 is 7.21. The molecule has 10 heteroatoms. The molecule has 4 heterocycles. The first-order valence-electron chi connectivity index (χ1n) is 12.6. The monoisotopic (exact) mass is 489 g/mol. The average molecular weight is 490 g/mol. The Balaban J connectivity index is 1.22. The van der Waals surface area contributed by atoms with Gasteiger partial charge in [0.2, 0.25) is 0 Å². The van der Waals surface area contributed by atoms with E-state index in [4.69, 9.17) is 4.74 Å². The van der Waals surface area contributed by atoms with Crippen LogP contribution in [0.15, 0.2) is 36.7 Å². The number of nitrogens with one attached hydrogen (secondary N) is 2. The Hall–Kier alpha value is -3.53. The summed E-state index contributed by atoms with van der Waals surface area (Å²) in [5.74, 6) is 1.67. The zero-order chi connectivity index (χ0) is 25.1. The standard InChI is InChI=1S/C26H35N9O/c1-26(2,3)9-10-27-18-6-5-11-34(15-18)25-8-7-19(29-32-25)16-35-17-24(31-33-35)21-12-20(36-4)13-23-22(21)14-28-30-23/h7-8,12-14,17-18,27H,5-6,9-11,15-16H2,1-4H3,(H,28,30)/t18-/m1/s1. The molecule has 0 radical (unpaired) electrons. The van der Waals surface area contributed by atoms with Crippen LogP contribution in [0.4, 0.5) is 5.82 Å². The summed E-state index contributed by atoms with van der Waals surface area (Å²) in [6.45, 7) is 10.4. The van der Waals surface area contributed by atoms with Gasteiger partial charge < -0.3 is 15.0 Å². The lowest BCUT2D eigenvalue weighted by molar-refractivity contribution is 0.339. The van der Waals surface area contributed by atoms with Crippen molar-refractivity contribution in [1.29, 1.82) is 0 Å². The molecule has 1 atom stereocenters. The molecule has 1 saturated heterocycles. The second-order valence-corrected chi connectivity index (χ2v) is 10.7. The number of aromatic nitrogens is 7. The van der Waals surface area contributed by atoms with Crippen LogP contribution in [0.5, 0.6) is 5.75 Å².